The van der Waals surface area contributed by atoms with E-state index in [2.05, 4.69) is 15.6 Å². The van der Waals surface area contributed by atoms with Gasteiger partial charge < -0.3 is 20.3 Å². The minimum absolute atomic E-state index is 0.0813. The topological polar surface area (TPSA) is 101 Å². The molecular weight excluding hydrogens is 483 g/mol. The number of carbonyl (C=O) groups is 3. The summed E-state index contributed by atoms with van der Waals surface area (Å²) in [5.41, 5.74) is 0.895. The van der Waals surface area contributed by atoms with E-state index in [9.17, 15) is 18.8 Å². The van der Waals surface area contributed by atoms with Gasteiger partial charge in [0.2, 0.25) is 11.8 Å². The van der Waals surface area contributed by atoms with Crippen molar-refractivity contribution in [3.8, 4) is 0 Å². The Hall–Kier alpha value is -3.34. The fourth-order valence-corrected chi connectivity index (χ4v) is 3.78. The molecular formula is C23H22ClFN4O4S. The van der Waals surface area contributed by atoms with Crippen molar-refractivity contribution in [1.29, 1.82) is 0 Å². The normalized spacial score (nSPS) is 10.6. The van der Waals surface area contributed by atoms with Crippen LogP contribution in [0.2, 0.25) is 5.02 Å². The molecule has 3 amide bonds. The van der Waals surface area contributed by atoms with Gasteiger partial charge in [0.1, 0.15) is 12.4 Å². The quantitative estimate of drug-likeness (QED) is 0.437. The van der Waals surface area contributed by atoms with Crippen LogP contribution in [-0.4, -0.2) is 54.4 Å². The molecule has 1 aromatic heterocycles. The monoisotopic (exact) mass is 504 g/mol. The van der Waals surface area contributed by atoms with Crippen LogP contribution >= 0.6 is 22.9 Å². The van der Waals surface area contributed by atoms with E-state index in [1.165, 1.54) is 30.2 Å². The van der Waals surface area contributed by atoms with Crippen LogP contribution in [0.4, 0.5) is 15.2 Å². The van der Waals surface area contributed by atoms with Crippen LogP contribution < -0.4 is 10.6 Å². The third kappa shape index (κ3) is 7.34. The highest BCUT2D eigenvalue weighted by molar-refractivity contribution is 7.13. The Labute approximate surface area is 204 Å². The molecule has 3 rings (SSSR count). The maximum Gasteiger partial charge on any atom is 0.254 e. The molecule has 1 heterocycles. The Bertz CT molecular complexity index is 1160. The average Bonchev–Trinajstić information content (AvgIpc) is 3.24. The standard InChI is InChI=1S/C23H22ClFN4O4S/c1-33-11-10-29(22(32)15-6-8-16(24)9-7-15)13-21(31)28-23-26-17(14-34-23)12-20(30)27-19-5-3-2-4-18(19)25/h2-9,14H,10-13H2,1H3,(H,27,30)(H,26,28,31). The van der Waals surface area contributed by atoms with Crippen molar-refractivity contribution in [1.82, 2.24) is 9.88 Å². The molecule has 0 aliphatic rings. The first-order valence-corrected chi connectivity index (χ1v) is 11.4. The number of carbonyl (C=O) groups excluding carboxylic acids is 3. The van der Waals surface area contributed by atoms with Gasteiger partial charge in [0.05, 0.1) is 24.4 Å². The molecule has 0 spiro atoms. The zero-order valence-electron chi connectivity index (χ0n) is 18.2. The average molecular weight is 505 g/mol. The molecule has 0 saturated heterocycles. The second kappa shape index (κ2) is 12.2. The van der Waals surface area contributed by atoms with E-state index in [1.807, 2.05) is 0 Å². The van der Waals surface area contributed by atoms with Crippen molar-refractivity contribution in [3.05, 3.63) is 76.0 Å². The SMILES string of the molecule is COCCN(CC(=O)Nc1nc(CC(=O)Nc2ccccc2F)cs1)C(=O)c1ccc(Cl)cc1. The summed E-state index contributed by atoms with van der Waals surface area (Å²) in [6.07, 6.45) is -0.0876. The molecule has 11 heteroatoms. The number of amides is 3. The van der Waals surface area contributed by atoms with Crippen LogP contribution in [0, 0.1) is 5.82 Å². The first-order chi connectivity index (χ1) is 16.4. The lowest BCUT2D eigenvalue weighted by Crippen LogP contribution is -2.40. The molecule has 2 N–H and O–H groups in total. The Morgan fingerprint density at radius 1 is 1.09 bits per heavy atom. The second-order valence-electron chi connectivity index (χ2n) is 7.12. The third-order valence-corrected chi connectivity index (χ3v) is 5.62. The first-order valence-electron chi connectivity index (χ1n) is 10.2. The highest BCUT2D eigenvalue weighted by atomic mass is 35.5. The number of para-hydroxylation sites is 1. The lowest BCUT2D eigenvalue weighted by Gasteiger charge is -2.21. The smallest absolute Gasteiger partial charge is 0.254 e. The Balaban J connectivity index is 1.57. The molecule has 0 fully saturated rings. The minimum Gasteiger partial charge on any atom is -0.383 e. The van der Waals surface area contributed by atoms with E-state index in [0.29, 0.717) is 16.3 Å². The summed E-state index contributed by atoms with van der Waals surface area (Å²) in [6, 6.07) is 12.2. The Morgan fingerprint density at radius 3 is 2.53 bits per heavy atom. The van der Waals surface area contributed by atoms with Crippen molar-refractivity contribution >= 4 is 51.5 Å². The largest absolute Gasteiger partial charge is 0.383 e. The molecule has 178 valence electrons. The maximum atomic E-state index is 13.7. The summed E-state index contributed by atoms with van der Waals surface area (Å²) >= 11 is 7.02. The number of hydrogen-bond acceptors (Lipinski definition) is 6. The summed E-state index contributed by atoms with van der Waals surface area (Å²) in [6.45, 7) is 0.253. The van der Waals surface area contributed by atoms with Crippen LogP contribution in [0.15, 0.2) is 53.9 Å². The van der Waals surface area contributed by atoms with E-state index in [4.69, 9.17) is 16.3 Å². The van der Waals surface area contributed by atoms with E-state index >= 15 is 0 Å². The van der Waals surface area contributed by atoms with Gasteiger partial charge >= 0.3 is 0 Å². The van der Waals surface area contributed by atoms with Gasteiger partial charge in [0.15, 0.2) is 5.13 Å². The fourth-order valence-electron chi connectivity index (χ4n) is 2.93. The number of benzene rings is 2. The van der Waals surface area contributed by atoms with Crippen LogP contribution in [0.3, 0.4) is 0 Å². The molecule has 0 atom stereocenters. The number of hydrogen-bond donors (Lipinski definition) is 2. The van der Waals surface area contributed by atoms with Gasteiger partial charge in [-0.05, 0) is 36.4 Å². The second-order valence-corrected chi connectivity index (χ2v) is 8.42. The molecule has 0 bridgehead atoms. The highest BCUT2D eigenvalue weighted by Crippen LogP contribution is 2.18. The summed E-state index contributed by atoms with van der Waals surface area (Å²) in [5, 5.41) is 7.53. The molecule has 3 aromatic rings. The fraction of sp³-hybridized carbons (Fsp3) is 0.217. The Kier molecular flexibility index (Phi) is 9.08. The molecule has 34 heavy (non-hydrogen) atoms. The van der Waals surface area contributed by atoms with Crippen LogP contribution in [0.25, 0.3) is 0 Å². The number of rotatable bonds is 10. The number of anilines is 2. The predicted molar refractivity (Wildman–Crippen MR) is 129 cm³/mol. The van der Waals surface area contributed by atoms with Gasteiger partial charge in [-0.25, -0.2) is 9.37 Å². The maximum absolute atomic E-state index is 13.7. The van der Waals surface area contributed by atoms with Gasteiger partial charge in [-0.15, -0.1) is 11.3 Å². The number of nitrogens with one attached hydrogen (secondary N) is 2. The molecule has 0 radical (unpaired) electrons. The molecule has 0 aliphatic heterocycles. The lowest BCUT2D eigenvalue weighted by atomic mass is 10.2. The van der Waals surface area contributed by atoms with Crippen LogP contribution in [0.1, 0.15) is 16.1 Å². The number of methoxy groups -OCH3 is 1. The van der Waals surface area contributed by atoms with E-state index in [1.54, 1.807) is 35.7 Å². The van der Waals surface area contributed by atoms with Crippen LogP contribution in [0.5, 0.6) is 0 Å². The van der Waals surface area contributed by atoms with Crippen molar-refractivity contribution in [2.24, 2.45) is 0 Å². The summed E-state index contributed by atoms with van der Waals surface area (Å²) in [7, 11) is 1.50. The first kappa shape index (κ1) is 25.3. The highest BCUT2D eigenvalue weighted by Gasteiger charge is 2.20. The van der Waals surface area contributed by atoms with Crippen molar-refractivity contribution < 1.29 is 23.5 Å². The van der Waals surface area contributed by atoms with Gasteiger partial charge in [0, 0.05) is 29.6 Å². The number of nitrogens with zero attached hydrogens (tertiary/aromatic N) is 2. The van der Waals surface area contributed by atoms with Gasteiger partial charge in [-0.1, -0.05) is 23.7 Å². The van der Waals surface area contributed by atoms with E-state index in [-0.39, 0.29) is 42.8 Å². The molecule has 0 aliphatic carbocycles. The van der Waals surface area contributed by atoms with Crippen molar-refractivity contribution in [2.45, 2.75) is 6.42 Å². The number of ether oxygens (including phenoxy) is 1. The molecule has 2 aromatic carbocycles. The predicted octanol–water partition coefficient (Wildman–Crippen LogP) is 3.84. The van der Waals surface area contributed by atoms with E-state index < -0.39 is 17.6 Å². The number of aromatic nitrogens is 1. The van der Waals surface area contributed by atoms with Crippen LogP contribution in [-0.2, 0) is 20.7 Å². The number of halogens is 2. The lowest BCUT2D eigenvalue weighted by molar-refractivity contribution is -0.117. The zero-order chi connectivity index (χ0) is 24.5. The van der Waals surface area contributed by atoms with Gasteiger partial charge in [0.25, 0.3) is 5.91 Å². The molecule has 8 nitrogen and oxygen atoms in total. The van der Waals surface area contributed by atoms with E-state index in [0.717, 1.165) is 11.3 Å². The van der Waals surface area contributed by atoms with Gasteiger partial charge in [-0.3, -0.25) is 14.4 Å². The number of thiazole rings is 1. The van der Waals surface area contributed by atoms with Crippen molar-refractivity contribution in [3.63, 3.8) is 0 Å². The third-order valence-electron chi connectivity index (χ3n) is 4.57. The summed E-state index contributed by atoms with van der Waals surface area (Å²) in [4.78, 5) is 43.1. The summed E-state index contributed by atoms with van der Waals surface area (Å²) < 4.78 is 18.7. The minimum atomic E-state index is -0.534. The van der Waals surface area contributed by atoms with Crippen molar-refractivity contribution in [2.75, 3.05) is 37.4 Å². The van der Waals surface area contributed by atoms with Gasteiger partial charge in [-0.2, -0.15) is 0 Å². The summed E-state index contributed by atoms with van der Waals surface area (Å²) in [5.74, 6) is -1.76. The molecule has 0 unspecified atom stereocenters. The Morgan fingerprint density at radius 2 is 1.82 bits per heavy atom. The molecule has 0 saturated carbocycles. The zero-order valence-corrected chi connectivity index (χ0v) is 19.8.